The van der Waals surface area contributed by atoms with Gasteiger partial charge in [-0.15, -0.1) is 0 Å². The summed E-state index contributed by atoms with van der Waals surface area (Å²) in [5.74, 6) is 1.95. The van der Waals surface area contributed by atoms with Crippen molar-refractivity contribution in [2.45, 2.75) is 110 Å². The zero-order chi connectivity index (χ0) is 21.4. The minimum absolute atomic E-state index is 0.0361. The first-order valence-electron chi connectivity index (χ1n) is 12.4. The summed E-state index contributed by atoms with van der Waals surface area (Å²) >= 11 is 0. The SMILES string of the molecule is CC(C)(C)OOC1CC2[C@@H](CC[C@@H]3C[C@H](O)CC[C@]23C)[C@@H]2CCC3(OCCO3)[C@@]12C. The fraction of sp³-hybridized carbons (Fsp3) is 1.00. The standard InChI is InChI=1S/C25H42O5/c1-22(2,3)30-29-21-15-20-18(7-6-16-14-17(26)8-10-23(16,20)4)19-9-11-25(24(19,21)5)27-12-13-28-25/h16-21,26H,6-15H2,1-5H3/t16-,17-,18+,19+,20?,21?,23+,24-/m1/s1. The lowest BCUT2D eigenvalue weighted by Crippen LogP contribution is -2.63. The molecule has 1 saturated heterocycles. The molecule has 4 saturated carbocycles. The Labute approximate surface area is 182 Å². The predicted molar refractivity (Wildman–Crippen MR) is 113 cm³/mol. The van der Waals surface area contributed by atoms with E-state index in [0.29, 0.717) is 42.3 Å². The first-order valence-corrected chi connectivity index (χ1v) is 12.4. The Kier molecular flexibility index (Phi) is 5.16. The van der Waals surface area contributed by atoms with Crippen molar-refractivity contribution in [1.29, 1.82) is 0 Å². The summed E-state index contributed by atoms with van der Waals surface area (Å²) in [5.41, 5.74) is -0.243. The molecule has 30 heavy (non-hydrogen) atoms. The Bertz CT molecular complexity index is 652. The van der Waals surface area contributed by atoms with Crippen LogP contribution in [0.15, 0.2) is 0 Å². The second-order valence-electron chi connectivity index (χ2n) is 12.4. The monoisotopic (exact) mass is 422 g/mol. The summed E-state index contributed by atoms with van der Waals surface area (Å²) < 4.78 is 12.7. The summed E-state index contributed by atoms with van der Waals surface area (Å²) in [6.07, 6.45) is 8.54. The van der Waals surface area contributed by atoms with Crippen LogP contribution in [0.1, 0.15) is 86.0 Å². The maximum atomic E-state index is 10.3. The molecule has 5 heteroatoms. The molecule has 0 bridgehead atoms. The highest BCUT2D eigenvalue weighted by molar-refractivity contribution is 5.16. The molecule has 0 aromatic rings. The molecule has 5 fully saturated rings. The largest absolute Gasteiger partial charge is 0.393 e. The van der Waals surface area contributed by atoms with Crippen molar-refractivity contribution in [3.05, 3.63) is 0 Å². The van der Waals surface area contributed by atoms with E-state index in [1.165, 1.54) is 12.8 Å². The van der Waals surface area contributed by atoms with Crippen molar-refractivity contribution in [1.82, 2.24) is 0 Å². The highest BCUT2D eigenvalue weighted by atomic mass is 17.2. The zero-order valence-corrected chi connectivity index (χ0v) is 19.6. The van der Waals surface area contributed by atoms with E-state index in [0.717, 1.165) is 38.5 Å². The van der Waals surface area contributed by atoms with E-state index in [1.807, 2.05) is 20.8 Å². The Morgan fingerprint density at radius 1 is 0.900 bits per heavy atom. The van der Waals surface area contributed by atoms with Gasteiger partial charge in [0.25, 0.3) is 0 Å². The fourth-order valence-electron chi connectivity index (χ4n) is 8.41. The van der Waals surface area contributed by atoms with Crippen LogP contribution >= 0.6 is 0 Å². The molecule has 0 aromatic carbocycles. The maximum Gasteiger partial charge on any atom is 0.176 e. The van der Waals surface area contributed by atoms with Crippen LogP contribution < -0.4 is 0 Å². The molecule has 0 aromatic heterocycles. The van der Waals surface area contributed by atoms with Crippen LogP contribution in [0, 0.1) is 34.5 Å². The summed E-state index contributed by atoms with van der Waals surface area (Å²) in [7, 11) is 0. The summed E-state index contributed by atoms with van der Waals surface area (Å²) in [6.45, 7) is 12.4. The van der Waals surface area contributed by atoms with E-state index < -0.39 is 5.79 Å². The molecule has 2 unspecified atom stereocenters. The van der Waals surface area contributed by atoms with E-state index in [9.17, 15) is 5.11 Å². The van der Waals surface area contributed by atoms with Gasteiger partial charge in [-0.2, -0.15) is 0 Å². The normalized spacial score (nSPS) is 50.2. The number of hydrogen-bond donors (Lipinski definition) is 1. The lowest BCUT2D eigenvalue weighted by molar-refractivity contribution is -0.420. The lowest BCUT2D eigenvalue weighted by atomic mass is 9.44. The molecule has 1 aliphatic heterocycles. The van der Waals surface area contributed by atoms with Crippen LogP contribution in [0.4, 0.5) is 0 Å². The second-order valence-corrected chi connectivity index (χ2v) is 12.4. The molecule has 5 aliphatic rings. The predicted octanol–water partition coefficient (Wildman–Crippen LogP) is 4.86. The molecule has 0 amide bonds. The minimum atomic E-state index is -0.519. The van der Waals surface area contributed by atoms with Gasteiger partial charge in [-0.1, -0.05) is 13.8 Å². The molecule has 172 valence electrons. The quantitative estimate of drug-likeness (QED) is 0.509. The van der Waals surface area contributed by atoms with Crippen LogP contribution in [-0.4, -0.2) is 41.9 Å². The molecule has 1 heterocycles. The average molecular weight is 423 g/mol. The minimum Gasteiger partial charge on any atom is -0.393 e. The van der Waals surface area contributed by atoms with Crippen LogP contribution in [0.2, 0.25) is 0 Å². The molecule has 8 atom stereocenters. The number of aliphatic hydroxyl groups is 1. The third kappa shape index (κ3) is 3.06. The van der Waals surface area contributed by atoms with E-state index in [4.69, 9.17) is 19.2 Å². The van der Waals surface area contributed by atoms with Crippen molar-refractivity contribution in [3.8, 4) is 0 Å². The summed E-state index contributed by atoms with van der Waals surface area (Å²) in [5, 5.41) is 10.3. The Hall–Kier alpha value is -0.200. The Morgan fingerprint density at radius 3 is 2.33 bits per heavy atom. The van der Waals surface area contributed by atoms with Gasteiger partial charge in [0.2, 0.25) is 0 Å². The first-order chi connectivity index (χ1) is 14.1. The number of aliphatic hydroxyl groups excluding tert-OH is 1. The van der Waals surface area contributed by atoms with Gasteiger partial charge in [0.05, 0.1) is 30.3 Å². The smallest absolute Gasteiger partial charge is 0.176 e. The van der Waals surface area contributed by atoms with Crippen molar-refractivity contribution in [2.75, 3.05) is 13.2 Å². The molecular formula is C25H42O5. The van der Waals surface area contributed by atoms with Gasteiger partial charge in [0.15, 0.2) is 5.79 Å². The van der Waals surface area contributed by atoms with E-state index in [2.05, 4.69) is 13.8 Å². The van der Waals surface area contributed by atoms with Gasteiger partial charge in [-0.3, -0.25) is 0 Å². The van der Waals surface area contributed by atoms with Gasteiger partial charge < -0.3 is 14.6 Å². The van der Waals surface area contributed by atoms with Crippen LogP contribution in [0.25, 0.3) is 0 Å². The first kappa shape index (κ1) is 21.6. The second kappa shape index (κ2) is 7.15. The van der Waals surface area contributed by atoms with Crippen LogP contribution in [0.3, 0.4) is 0 Å². The Balaban J connectivity index is 1.50. The molecule has 5 nitrogen and oxygen atoms in total. The average Bonchev–Trinajstić information content (AvgIpc) is 3.27. The van der Waals surface area contributed by atoms with Crippen LogP contribution in [0.5, 0.6) is 0 Å². The zero-order valence-electron chi connectivity index (χ0n) is 19.6. The number of rotatable bonds is 2. The van der Waals surface area contributed by atoms with Gasteiger partial charge in [0, 0.05) is 6.42 Å². The van der Waals surface area contributed by atoms with Gasteiger partial charge in [0.1, 0.15) is 6.10 Å². The molecule has 1 N–H and O–H groups in total. The molecule has 1 spiro atoms. The highest BCUT2D eigenvalue weighted by Crippen LogP contribution is 2.70. The van der Waals surface area contributed by atoms with Crippen LogP contribution in [-0.2, 0) is 19.2 Å². The van der Waals surface area contributed by atoms with Crippen molar-refractivity contribution in [2.24, 2.45) is 34.5 Å². The molecule has 5 rings (SSSR count). The number of hydrogen-bond acceptors (Lipinski definition) is 5. The molecular weight excluding hydrogens is 380 g/mol. The van der Waals surface area contributed by atoms with E-state index in [1.54, 1.807) is 0 Å². The number of ether oxygens (including phenoxy) is 2. The van der Waals surface area contributed by atoms with Gasteiger partial charge in [-0.25, -0.2) is 9.78 Å². The van der Waals surface area contributed by atoms with Crippen molar-refractivity contribution in [3.63, 3.8) is 0 Å². The third-order valence-corrected chi connectivity index (χ3v) is 9.91. The fourth-order valence-corrected chi connectivity index (χ4v) is 8.41. The summed E-state index contributed by atoms with van der Waals surface area (Å²) in [6, 6.07) is 0. The number of fused-ring (bicyclic) bond motifs is 6. The Morgan fingerprint density at radius 2 is 1.63 bits per heavy atom. The topological polar surface area (TPSA) is 57.2 Å². The van der Waals surface area contributed by atoms with E-state index >= 15 is 0 Å². The maximum absolute atomic E-state index is 10.3. The van der Waals surface area contributed by atoms with E-state index in [-0.39, 0.29) is 23.2 Å². The lowest BCUT2D eigenvalue weighted by Gasteiger charge is -2.63. The van der Waals surface area contributed by atoms with Crippen molar-refractivity contribution < 1.29 is 24.4 Å². The third-order valence-electron chi connectivity index (χ3n) is 9.91. The summed E-state index contributed by atoms with van der Waals surface area (Å²) in [4.78, 5) is 12.3. The molecule has 0 radical (unpaired) electrons. The molecule has 4 aliphatic carbocycles. The van der Waals surface area contributed by atoms with Gasteiger partial charge in [-0.05, 0) is 94.8 Å². The highest BCUT2D eigenvalue weighted by Gasteiger charge is 2.71. The van der Waals surface area contributed by atoms with Crippen molar-refractivity contribution >= 4 is 0 Å². The van der Waals surface area contributed by atoms with Gasteiger partial charge >= 0.3 is 0 Å².